The first-order chi connectivity index (χ1) is 13.1. The second-order valence-electron chi connectivity index (χ2n) is 5.97. The highest BCUT2D eigenvalue weighted by Gasteiger charge is 2.20. The van der Waals surface area contributed by atoms with Crippen LogP contribution < -0.4 is 9.64 Å². The predicted octanol–water partition coefficient (Wildman–Crippen LogP) is 4.34. The molecule has 0 fully saturated rings. The van der Waals surface area contributed by atoms with Crippen molar-refractivity contribution < 1.29 is 13.9 Å². The largest absolute Gasteiger partial charge is 0.497 e. The molecule has 7 heteroatoms. The van der Waals surface area contributed by atoms with Crippen molar-refractivity contribution >= 4 is 22.4 Å². The average Bonchev–Trinajstić information content (AvgIpc) is 3.16. The van der Waals surface area contributed by atoms with Crippen LogP contribution in [0.25, 0.3) is 10.6 Å². The van der Waals surface area contributed by atoms with Crippen LogP contribution >= 0.6 is 11.3 Å². The molecule has 0 unspecified atom stereocenters. The Morgan fingerprint density at radius 2 is 2.00 bits per heavy atom. The van der Waals surface area contributed by atoms with Crippen molar-refractivity contribution in [3.8, 4) is 16.3 Å². The topological polar surface area (TPSA) is 55.3 Å². The van der Waals surface area contributed by atoms with Crippen molar-refractivity contribution in [1.82, 2.24) is 10.2 Å². The van der Waals surface area contributed by atoms with Crippen LogP contribution in [-0.4, -0.2) is 29.8 Å². The van der Waals surface area contributed by atoms with Crippen LogP contribution in [0.5, 0.6) is 5.75 Å². The molecule has 2 aromatic carbocycles. The Hall–Kier alpha value is -2.80. The predicted molar refractivity (Wildman–Crippen MR) is 105 cm³/mol. The standard InChI is InChI=1S/C20H20FN3O2S/c1-3-10-24(18(25)12-14-6-4-9-17(11-14)26-2)20-23-22-19(27-20)15-7-5-8-16(21)13-15/h4-9,11,13H,3,10,12H2,1-2H3. The molecule has 0 aliphatic rings. The molecule has 5 nitrogen and oxygen atoms in total. The molecule has 0 atom stereocenters. The minimum atomic E-state index is -0.330. The van der Waals surface area contributed by atoms with Gasteiger partial charge in [0.2, 0.25) is 11.0 Å². The fourth-order valence-corrected chi connectivity index (χ4v) is 3.55. The van der Waals surface area contributed by atoms with Gasteiger partial charge in [-0.3, -0.25) is 9.69 Å². The average molecular weight is 385 g/mol. The minimum Gasteiger partial charge on any atom is -0.497 e. The van der Waals surface area contributed by atoms with Gasteiger partial charge in [0.15, 0.2) is 0 Å². The maximum atomic E-state index is 13.5. The zero-order chi connectivity index (χ0) is 19.2. The highest BCUT2D eigenvalue weighted by molar-refractivity contribution is 7.18. The van der Waals surface area contributed by atoms with E-state index < -0.39 is 0 Å². The lowest BCUT2D eigenvalue weighted by Gasteiger charge is -2.18. The first-order valence-electron chi connectivity index (χ1n) is 8.63. The van der Waals surface area contributed by atoms with Crippen molar-refractivity contribution in [2.45, 2.75) is 19.8 Å². The fourth-order valence-electron chi connectivity index (χ4n) is 2.67. The molecular weight excluding hydrogens is 365 g/mol. The van der Waals surface area contributed by atoms with Crippen LogP contribution in [-0.2, 0) is 11.2 Å². The molecule has 3 aromatic rings. The van der Waals surface area contributed by atoms with Crippen molar-refractivity contribution in [2.75, 3.05) is 18.6 Å². The molecule has 0 radical (unpaired) electrons. The third-order valence-electron chi connectivity index (χ3n) is 3.95. The SMILES string of the molecule is CCCN(C(=O)Cc1cccc(OC)c1)c1nnc(-c2cccc(F)c2)s1. The van der Waals surface area contributed by atoms with Gasteiger partial charge in [0, 0.05) is 12.1 Å². The van der Waals surface area contributed by atoms with Gasteiger partial charge in [0.1, 0.15) is 16.6 Å². The number of hydrogen-bond acceptors (Lipinski definition) is 5. The van der Waals surface area contributed by atoms with Gasteiger partial charge < -0.3 is 4.74 Å². The number of benzene rings is 2. The number of anilines is 1. The van der Waals surface area contributed by atoms with Gasteiger partial charge in [-0.1, -0.05) is 42.5 Å². The lowest BCUT2D eigenvalue weighted by Crippen LogP contribution is -2.32. The summed E-state index contributed by atoms with van der Waals surface area (Å²) >= 11 is 1.28. The number of nitrogens with zero attached hydrogens (tertiary/aromatic N) is 3. The number of aromatic nitrogens is 2. The quantitative estimate of drug-likeness (QED) is 0.607. The number of carbonyl (C=O) groups excluding carboxylic acids is 1. The molecule has 1 amide bonds. The number of hydrogen-bond donors (Lipinski definition) is 0. The maximum absolute atomic E-state index is 13.5. The van der Waals surface area contributed by atoms with Gasteiger partial charge in [0.05, 0.1) is 13.5 Å². The molecule has 27 heavy (non-hydrogen) atoms. The first kappa shape index (κ1) is 19.0. The second kappa shape index (κ2) is 8.73. The van der Waals surface area contributed by atoms with Crippen LogP contribution in [0.2, 0.25) is 0 Å². The Morgan fingerprint density at radius 3 is 2.74 bits per heavy atom. The Balaban J connectivity index is 1.81. The van der Waals surface area contributed by atoms with Crippen LogP contribution in [0.3, 0.4) is 0 Å². The highest BCUT2D eigenvalue weighted by Crippen LogP contribution is 2.29. The number of methoxy groups -OCH3 is 1. The molecule has 0 bridgehead atoms. The molecule has 0 aliphatic carbocycles. The molecule has 1 aromatic heterocycles. The fraction of sp³-hybridized carbons (Fsp3) is 0.250. The summed E-state index contributed by atoms with van der Waals surface area (Å²) in [6.45, 7) is 2.54. The van der Waals surface area contributed by atoms with E-state index >= 15 is 0 Å². The summed E-state index contributed by atoms with van der Waals surface area (Å²) in [5.41, 5.74) is 1.52. The van der Waals surface area contributed by atoms with E-state index in [0.29, 0.717) is 28.0 Å². The number of halogens is 1. The Labute approximate surface area is 161 Å². The van der Waals surface area contributed by atoms with Crippen LogP contribution in [0.15, 0.2) is 48.5 Å². The van der Waals surface area contributed by atoms with Gasteiger partial charge in [-0.15, -0.1) is 10.2 Å². The van der Waals surface area contributed by atoms with E-state index in [1.54, 1.807) is 24.1 Å². The van der Waals surface area contributed by atoms with Crippen molar-refractivity contribution in [3.63, 3.8) is 0 Å². The summed E-state index contributed by atoms with van der Waals surface area (Å²) in [6, 6.07) is 13.6. The third kappa shape index (κ3) is 4.68. The van der Waals surface area contributed by atoms with Gasteiger partial charge in [-0.05, 0) is 36.2 Å². The summed E-state index contributed by atoms with van der Waals surface area (Å²) < 4.78 is 18.7. The zero-order valence-corrected chi connectivity index (χ0v) is 16.0. The van der Waals surface area contributed by atoms with Crippen molar-refractivity contribution in [3.05, 3.63) is 59.9 Å². The molecule has 0 aliphatic heterocycles. The van der Waals surface area contributed by atoms with Crippen LogP contribution in [0.1, 0.15) is 18.9 Å². The number of ether oxygens (including phenoxy) is 1. The molecular formula is C20H20FN3O2S. The smallest absolute Gasteiger partial charge is 0.233 e. The van der Waals surface area contributed by atoms with Gasteiger partial charge in [-0.2, -0.15) is 0 Å². The van der Waals surface area contributed by atoms with Gasteiger partial charge in [0.25, 0.3) is 0 Å². The summed E-state index contributed by atoms with van der Waals surface area (Å²) in [4.78, 5) is 14.5. The van der Waals surface area contributed by atoms with Gasteiger partial charge >= 0.3 is 0 Å². The van der Waals surface area contributed by atoms with E-state index in [2.05, 4.69) is 10.2 Å². The molecule has 140 valence electrons. The van der Waals surface area contributed by atoms with E-state index in [0.717, 1.165) is 12.0 Å². The third-order valence-corrected chi connectivity index (χ3v) is 4.95. The van der Waals surface area contributed by atoms with Crippen LogP contribution in [0, 0.1) is 5.82 Å². The molecule has 3 rings (SSSR count). The summed E-state index contributed by atoms with van der Waals surface area (Å²) in [5.74, 6) is 0.322. The van der Waals surface area contributed by atoms with E-state index in [4.69, 9.17) is 4.74 Å². The zero-order valence-electron chi connectivity index (χ0n) is 15.2. The summed E-state index contributed by atoms with van der Waals surface area (Å²) in [6.07, 6.45) is 1.03. The van der Waals surface area contributed by atoms with Crippen LogP contribution in [0.4, 0.5) is 9.52 Å². The monoisotopic (exact) mass is 385 g/mol. The van der Waals surface area contributed by atoms with Crippen molar-refractivity contribution in [1.29, 1.82) is 0 Å². The number of amides is 1. The van der Waals surface area contributed by atoms with E-state index in [-0.39, 0.29) is 18.1 Å². The number of carbonyl (C=O) groups is 1. The molecule has 0 saturated carbocycles. The molecule has 1 heterocycles. The summed E-state index contributed by atoms with van der Waals surface area (Å²) in [5, 5.41) is 9.40. The van der Waals surface area contributed by atoms with Crippen molar-refractivity contribution in [2.24, 2.45) is 0 Å². The van der Waals surface area contributed by atoms with E-state index in [1.165, 1.54) is 23.5 Å². The second-order valence-corrected chi connectivity index (χ2v) is 6.93. The Kier molecular flexibility index (Phi) is 6.13. The Morgan fingerprint density at radius 1 is 1.19 bits per heavy atom. The lowest BCUT2D eigenvalue weighted by atomic mass is 10.1. The number of rotatable bonds is 7. The summed E-state index contributed by atoms with van der Waals surface area (Å²) in [7, 11) is 1.60. The highest BCUT2D eigenvalue weighted by atomic mass is 32.1. The van der Waals surface area contributed by atoms with Gasteiger partial charge in [-0.25, -0.2) is 4.39 Å². The van der Waals surface area contributed by atoms with E-state index in [1.807, 2.05) is 31.2 Å². The molecule has 0 spiro atoms. The molecule has 0 N–H and O–H groups in total. The normalized spacial score (nSPS) is 10.6. The minimum absolute atomic E-state index is 0.0629. The van der Waals surface area contributed by atoms with E-state index in [9.17, 15) is 9.18 Å². The first-order valence-corrected chi connectivity index (χ1v) is 9.45. The molecule has 0 saturated heterocycles. The Bertz CT molecular complexity index is 929. The lowest BCUT2D eigenvalue weighted by molar-refractivity contribution is -0.118. The maximum Gasteiger partial charge on any atom is 0.233 e.